The second-order valence-corrected chi connectivity index (χ2v) is 21.7. The zero-order valence-electron chi connectivity index (χ0n) is 18.8. The zero-order valence-corrected chi connectivity index (χ0v) is 21.7. The molecule has 158 valence electrons. The SMILES string of the molecule is C=[C](CCc1ccc(C(=O)OCC)cc1)[Sn]([CH2]CCC)([CH2]CCC)[CH2]CCC. The molecule has 0 aliphatic heterocycles. The second-order valence-electron chi connectivity index (χ2n) is 8.11. The van der Waals surface area contributed by atoms with Gasteiger partial charge in [-0.05, 0) is 0 Å². The first-order chi connectivity index (χ1) is 13.5. The number of esters is 1. The van der Waals surface area contributed by atoms with Gasteiger partial charge in [0, 0.05) is 0 Å². The fourth-order valence-corrected chi connectivity index (χ4v) is 19.9. The molecule has 28 heavy (non-hydrogen) atoms. The number of hydrogen-bond donors (Lipinski definition) is 0. The molecule has 0 fully saturated rings. The normalized spacial score (nSPS) is 11.4. The van der Waals surface area contributed by atoms with Gasteiger partial charge in [-0.1, -0.05) is 0 Å². The average molecular weight is 493 g/mol. The maximum absolute atomic E-state index is 11.8. The van der Waals surface area contributed by atoms with E-state index in [-0.39, 0.29) is 5.97 Å². The van der Waals surface area contributed by atoms with Crippen molar-refractivity contribution >= 4 is 24.3 Å². The Morgan fingerprint density at radius 2 is 1.39 bits per heavy atom. The molecule has 1 aromatic rings. The molecule has 3 heteroatoms. The Bertz CT molecular complexity index is 555. The van der Waals surface area contributed by atoms with Crippen LogP contribution in [-0.2, 0) is 11.2 Å². The van der Waals surface area contributed by atoms with Crippen LogP contribution >= 0.6 is 0 Å². The van der Waals surface area contributed by atoms with Crippen molar-refractivity contribution < 1.29 is 9.53 Å². The van der Waals surface area contributed by atoms with E-state index in [2.05, 4.69) is 32.9 Å². The summed E-state index contributed by atoms with van der Waals surface area (Å²) in [5.41, 5.74) is 1.95. The molecule has 0 radical (unpaired) electrons. The van der Waals surface area contributed by atoms with Crippen molar-refractivity contribution in [3.63, 3.8) is 0 Å². The van der Waals surface area contributed by atoms with Crippen LogP contribution < -0.4 is 0 Å². The molecular formula is C25H42O2Sn. The summed E-state index contributed by atoms with van der Waals surface area (Å²) in [6.07, 6.45) is 10.2. The van der Waals surface area contributed by atoms with Crippen molar-refractivity contribution in [3.05, 3.63) is 45.6 Å². The van der Waals surface area contributed by atoms with Crippen LogP contribution in [-0.4, -0.2) is 31.0 Å². The summed E-state index contributed by atoms with van der Waals surface area (Å²) in [4.78, 5) is 11.8. The Kier molecular flexibility index (Phi) is 12.9. The Morgan fingerprint density at radius 3 is 1.82 bits per heavy atom. The molecule has 0 atom stereocenters. The fourth-order valence-electron chi connectivity index (χ4n) is 4.03. The minimum absolute atomic E-state index is 0.229. The van der Waals surface area contributed by atoms with E-state index in [9.17, 15) is 4.79 Å². The van der Waals surface area contributed by atoms with E-state index in [0.717, 1.165) is 12.8 Å². The topological polar surface area (TPSA) is 26.3 Å². The Morgan fingerprint density at radius 1 is 0.893 bits per heavy atom. The van der Waals surface area contributed by atoms with E-state index < -0.39 is 18.4 Å². The minimum atomic E-state index is -2.31. The molecule has 0 spiro atoms. The summed E-state index contributed by atoms with van der Waals surface area (Å²) >= 11 is -2.31. The second kappa shape index (κ2) is 14.2. The van der Waals surface area contributed by atoms with E-state index in [4.69, 9.17) is 11.3 Å². The van der Waals surface area contributed by atoms with Crippen LogP contribution in [0.5, 0.6) is 0 Å². The predicted octanol–water partition coefficient (Wildman–Crippen LogP) is 7.74. The van der Waals surface area contributed by atoms with Crippen LogP contribution in [0.2, 0.25) is 13.3 Å². The molecule has 0 aliphatic rings. The molecule has 1 aromatic carbocycles. The van der Waals surface area contributed by atoms with Gasteiger partial charge in [-0.15, -0.1) is 0 Å². The first-order valence-electron chi connectivity index (χ1n) is 11.5. The van der Waals surface area contributed by atoms with Crippen molar-refractivity contribution in [2.24, 2.45) is 0 Å². The number of aryl methyl sites for hydroxylation is 1. The number of carbonyl (C=O) groups is 1. The molecule has 0 aromatic heterocycles. The maximum atomic E-state index is 11.8. The summed E-state index contributed by atoms with van der Waals surface area (Å²) < 4.78 is 11.2. The van der Waals surface area contributed by atoms with Gasteiger partial charge in [-0.2, -0.15) is 0 Å². The van der Waals surface area contributed by atoms with Crippen molar-refractivity contribution in [3.8, 4) is 0 Å². The predicted molar refractivity (Wildman–Crippen MR) is 125 cm³/mol. The van der Waals surface area contributed by atoms with Gasteiger partial charge in [0.25, 0.3) is 0 Å². The molecule has 0 saturated carbocycles. The monoisotopic (exact) mass is 494 g/mol. The van der Waals surface area contributed by atoms with Crippen LogP contribution in [0.3, 0.4) is 0 Å². The number of hydrogen-bond acceptors (Lipinski definition) is 2. The van der Waals surface area contributed by atoms with Crippen molar-refractivity contribution in [2.45, 2.75) is 92.4 Å². The van der Waals surface area contributed by atoms with Crippen molar-refractivity contribution in [2.75, 3.05) is 6.61 Å². The van der Waals surface area contributed by atoms with Gasteiger partial charge in [0.2, 0.25) is 0 Å². The van der Waals surface area contributed by atoms with Gasteiger partial charge < -0.3 is 0 Å². The summed E-state index contributed by atoms with van der Waals surface area (Å²) in [5, 5.41) is 0. The fraction of sp³-hybridized carbons (Fsp3) is 0.640. The van der Waals surface area contributed by atoms with E-state index in [1.54, 1.807) is 3.59 Å². The summed E-state index contributed by atoms with van der Waals surface area (Å²) in [5.74, 6) is -0.229. The quantitative estimate of drug-likeness (QED) is 0.185. The number of carbonyl (C=O) groups excluding carboxylic acids is 1. The molecule has 0 amide bonds. The standard InChI is InChI=1S/C13H15O2.3C4H9.Sn/c1-3-5-6-11-7-9-12(10-8-11)13(14)15-4-2;3*1-3-4-2;/h7-10H,1,4-6H2,2H3;3*1,3-4H2,2H3;. The van der Waals surface area contributed by atoms with Crippen LogP contribution in [0, 0.1) is 0 Å². The van der Waals surface area contributed by atoms with E-state index >= 15 is 0 Å². The molecule has 0 N–H and O–H groups in total. The van der Waals surface area contributed by atoms with Gasteiger partial charge in [-0.3, -0.25) is 0 Å². The molecule has 0 aliphatic carbocycles. The number of benzene rings is 1. The van der Waals surface area contributed by atoms with Crippen LogP contribution in [0.15, 0.2) is 34.4 Å². The van der Waals surface area contributed by atoms with E-state index in [0.29, 0.717) is 12.2 Å². The molecule has 1 rings (SSSR count). The number of allylic oxidation sites excluding steroid dienone is 1. The third-order valence-electron chi connectivity index (χ3n) is 5.96. The van der Waals surface area contributed by atoms with Crippen LogP contribution in [0.1, 0.15) is 88.6 Å². The summed E-state index contributed by atoms with van der Waals surface area (Å²) in [6.45, 7) is 13.9. The van der Waals surface area contributed by atoms with Crippen LogP contribution in [0.25, 0.3) is 0 Å². The Labute approximate surface area is 178 Å². The summed E-state index contributed by atoms with van der Waals surface area (Å²) in [7, 11) is 0. The van der Waals surface area contributed by atoms with Crippen molar-refractivity contribution in [1.82, 2.24) is 0 Å². The first kappa shape index (κ1) is 25.3. The average Bonchev–Trinajstić information content (AvgIpc) is 2.72. The number of rotatable bonds is 15. The van der Waals surface area contributed by atoms with Gasteiger partial charge in [0.1, 0.15) is 0 Å². The number of unbranched alkanes of at least 4 members (excludes halogenated alkanes) is 3. The van der Waals surface area contributed by atoms with Gasteiger partial charge in [0.05, 0.1) is 0 Å². The van der Waals surface area contributed by atoms with Crippen LogP contribution in [0.4, 0.5) is 0 Å². The van der Waals surface area contributed by atoms with E-state index in [1.165, 1.54) is 57.4 Å². The van der Waals surface area contributed by atoms with Gasteiger partial charge in [0.15, 0.2) is 0 Å². The first-order valence-corrected chi connectivity index (χ1v) is 18.9. The van der Waals surface area contributed by atoms with Crippen molar-refractivity contribution in [1.29, 1.82) is 0 Å². The molecule has 0 heterocycles. The van der Waals surface area contributed by atoms with Gasteiger partial charge in [-0.25, -0.2) is 0 Å². The summed E-state index contributed by atoms with van der Waals surface area (Å²) in [6, 6.07) is 7.97. The zero-order chi connectivity index (χ0) is 20.8. The third kappa shape index (κ3) is 8.31. The third-order valence-corrected chi connectivity index (χ3v) is 22.2. The molecule has 0 unspecified atom stereocenters. The molecular weight excluding hydrogens is 451 g/mol. The molecule has 0 bridgehead atoms. The van der Waals surface area contributed by atoms with Gasteiger partial charge >= 0.3 is 178 Å². The Hall–Kier alpha value is -0.771. The van der Waals surface area contributed by atoms with E-state index in [1.807, 2.05) is 19.1 Å². The molecule has 0 saturated heterocycles. The Balaban J connectivity index is 2.80. The molecule has 2 nitrogen and oxygen atoms in total. The number of ether oxygens (including phenoxy) is 1.